The van der Waals surface area contributed by atoms with E-state index in [1.807, 2.05) is 11.8 Å². The van der Waals surface area contributed by atoms with E-state index < -0.39 is 0 Å². The van der Waals surface area contributed by atoms with Crippen LogP contribution in [0.5, 0.6) is 0 Å². The Labute approximate surface area is 179 Å². The first-order valence-corrected chi connectivity index (χ1v) is 11.4. The molecule has 1 aliphatic carbocycles. The smallest absolute Gasteiger partial charge is 0.409 e. The monoisotopic (exact) mass is 413 g/mol. The molecule has 164 valence electrons. The van der Waals surface area contributed by atoms with Crippen LogP contribution in [-0.4, -0.2) is 60.6 Å². The predicted octanol–water partition coefficient (Wildman–Crippen LogP) is 3.40. The van der Waals surface area contributed by atoms with Crippen LogP contribution in [0.15, 0.2) is 24.3 Å². The number of hydrogen-bond donors (Lipinski definition) is 1. The number of nitrogens with zero attached hydrogens (tertiary/aromatic N) is 2. The first kappa shape index (κ1) is 21.2. The highest BCUT2D eigenvalue weighted by Gasteiger charge is 2.51. The normalized spacial score (nSPS) is 26.4. The summed E-state index contributed by atoms with van der Waals surface area (Å²) in [6, 6.07) is 9.24. The number of hydrogen-bond acceptors (Lipinski definition) is 4. The largest absolute Gasteiger partial charge is 0.450 e. The molecule has 0 saturated carbocycles. The molecule has 1 aromatic carbocycles. The number of piperidine rings is 2. The molecule has 3 aliphatic rings. The molecule has 0 unspecified atom stereocenters. The van der Waals surface area contributed by atoms with E-state index in [0.717, 1.165) is 58.3 Å². The quantitative estimate of drug-likeness (QED) is 0.825. The molecule has 2 saturated heterocycles. The van der Waals surface area contributed by atoms with Crippen LogP contribution in [-0.2, 0) is 20.5 Å². The van der Waals surface area contributed by atoms with Gasteiger partial charge in [0.2, 0.25) is 5.91 Å². The molecular formula is C24H35N3O3. The molecule has 2 amide bonds. The fourth-order valence-corrected chi connectivity index (χ4v) is 6.19. The zero-order valence-corrected chi connectivity index (χ0v) is 18.6. The van der Waals surface area contributed by atoms with Crippen molar-refractivity contribution in [3.05, 3.63) is 35.4 Å². The topological polar surface area (TPSA) is 61.9 Å². The van der Waals surface area contributed by atoms with Gasteiger partial charge in [-0.25, -0.2) is 4.79 Å². The number of nitrogens with one attached hydrogen (secondary N) is 1. The van der Waals surface area contributed by atoms with Gasteiger partial charge in [0.15, 0.2) is 0 Å². The Balaban J connectivity index is 1.41. The van der Waals surface area contributed by atoms with E-state index in [0.29, 0.717) is 12.6 Å². The molecular weight excluding hydrogens is 378 g/mol. The van der Waals surface area contributed by atoms with Crippen LogP contribution in [0.3, 0.4) is 0 Å². The number of carbonyl (C=O) groups is 2. The molecule has 0 bridgehead atoms. The zero-order valence-electron chi connectivity index (χ0n) is 18.6. The molecule has 30 heavy (non-hydrogen) atoms. The van der Waals surface area contributed by atoms with Crippen LogP contribution in [0.2, 0.25) is 0 Å². The molecule has 1 atom stereocenters. The highest BCUT2D eigenvalue weighted by molar-refractivity contribution is 5.74. The molecule has 2 fully saturated rings. The van der Waals surface area contributed by atoms with Gasteiger partial charge >= 0.3 is 6.09 Å². The van der Waals surface area contributed by atoms with Crippen molar-refractivity contribution < 1.29 is 14.3 Å². The lowest BCUT2D eigenvalue weighted by Crippen LogP contribution is -2.52. The van der Waals surface area contributed by atoms with Gasteiger partial charge in [-0.15, -0.1) is 0 Å². The Bertz CT molecular complexity index is 795. The van der Waals surface area contributed by atoms with E-state index in [1.165, 1.54) is 11.1 Å². The molecule has 1 spiro atoms. The van der Waals surface area contributed by atoms with Crippen molar-refractivity contribution in [2.24, 2.45) is 0 Å². The lowest BCUT2D eigenvalue weighted by atomic mass is 9.72. The number of ether oxygens (including phenoxy) is 1. The maximum Gasteiger partial charge on any atom is 0.409 e. The Kier molecular flexibility index (Phi) is 5.80. The molecule has 6 nitrogen and oxygen atoms in total. The van der Waals surface area contributed by atoms with Crippen LogP contribution in [0.4, 0.5) is 4.79 Å². The van der Waals surface area contributed by atoms with Crippen molar-refractivity contribution in [2.45, 2.75) is 69.9 Å². The third-order valence-corrected chi connectivity index (χ3v) is 7.50. The number of fused-ring (bicyclic) bond motifs is 2. The zero-order chi connectivity index (χ0) is 21.4. The summed E-state index contributed by atoms with van der Waals surface area (Å²) in [5.41, 5.74) is 2.58. The second-order valence-electron chi connectivity index (χ2n) is 9.47. The number of likely N-dealkylation sites (tertiary alicyclic amines) is 2. The lowest BCUT2D eigenvalue weighted by molar-refractivity contribution is -0.121. The predicted molar refractivity (Wildman–Crippen MR) is 116 cm³/mol. The highest BCUT2D eigenvalue weighted by atomic mass is 16.6. The van der Waals surface area contributed by atoms with Gasteiger partial charge in [-0.05, 0) is 70.2 Å². The average molecular weight is 414 g/mol. The Morgan fingerprint density at radius 2 is 1.73 bits per heavy atom. The fourth-order valence-electron chi connectivity index (χ4n) is 6.19. The summed E-state index contributed by atoms with van der Waals surface area (Å²) in [5.74, 6) is 0.0372. The molecule has 4 rings (SSSR count). The van der Waals surface area contributed by atoms with Crippen molar-refractivity contribution in [2.75, 3.05) is 32.8 Å². The Morgan fingerprint density at radius 1 is 1.10 bits per heavy atom. The third-order valence-electron chi connectivity index (χ3n) is 7.50. The first-order chi connectivity index (χ1) is 14.4. The van der Waals surface area contributed by atoms with Crippen LogP contribution in [0.1, 0.15) is 64.0 Å². The van der Waals surface area contributed by atoms with Crippen molar-refractivity contribution in [1.29, 1.82) is 0 Å². The minimum Gasteiger partial charge on any atom is -0.450 e. The van der Waals surface area contributed by atoms with E-state index in [9.17, 15) is 9.59 Å². The van der Waals surface area contributed by atoms with Gasteiger partial charge in [0, 0.05) is 31.5 Å². The number of carbonyl (C=O) groups excluding carboxylic acids is 2. The number of benzene rings is 1. The molecule has 6 heteroatoms. The maximum absolute atomic E-state index is 12.0. The van der Waals surface area contributed by atoms with E-state index in [2.05, 4.69) is 41.4 Å². The molecule has 1 N–H and O–H groups in total. The van der Waals surface area contributed by atoms with E-state index in [1.54, 1.807) is 6.92 Å². The number of rotatable bonds is 3. The van der Waals surface area contributed by atoms with Crippen molar-refractivity contribution >= 4 is 12.0 Å². The van der Waals surface area contributed by atoms with Crippen LogP contribution >= 0.6 is 0 Å². The summed E-state index contributed by atoms with van der Waals surface area (Å²) >= 11 is 0. The second kappa shape index (κ2) is 8.22. The molecule has 2 aliphatic heterocycles. The summed E-state index contributed by atoms with van der Waals surface area (Å²) < 4.78 is 5.15. The highest BCUT2D eigenvalue weighted by Crippen LogP contribution is 2.53. The average Bonchev–Trinajstić information content (AvgIpc) is 2.96. The standard InChI is InChI=1S/C24H35N3O3/c1-4-30-22(29)27-13-9-19(10-14-27)26-15-11-24(12-16-26)17-23(3,25-18(2)28)20-7-5-6-8-21(20)24/h5-8,19H,4,9-17H2,1-3H3,(H,25,28)/t23-/m1/s1. The summed E-state index contributed by atoms with van der Waals surface area (Å²) in [5, 5.41) is 3.24. The summed E-state index contributed by atoms with van der Waals surface area (Å²) in [6.07, 6.45) is 5.09. The van der Waals surface area contributed by atoms with E-state index in [4.69, 9.17) is 4.74 Å². The van der Waals surface area contributed by atoms with Gasteiger partial charge < -0.3 is 19.9 Å². The molecule has 2 heterocycles. The molecule has 0 radical (unpaired) electrons. The molecule has 0 aromatic heterocycles. The van der Waals surface area contributed by atoms with Crippen molar-refractivity contribution in [3.63, 3.8) is 0 Å². The minimum atomic E-state index is -0.282. The summed E-state index contributed by atoms with van der Waals surface area (Å²) in [7, 11) is 0. The Hall–Kier alpha value is -2.08. The van der Waals surface area contributed by atoms with E-state index >= 15 is 0 Å². The minimum absolute atomic E-state index is 0.0372. The van der Waals surface area contributed by atoms with Crippen LogP contribution < -0.4 is 5.32 Å². The molecule has 1 aromatic rings. The van der Waals surface area contributed by atoms with Crippen molar-refractivity contribution in [1.82, 2.24) is 15.1 Å². The third kappa shape index (κ3) is 3.82. The van der Waals surface area contributed by atoms with Gasteiger partial charge in [-0.2, -0.15) is 0 Å². The maximum atomic E-state index is 12.0. The van der Waals surface area contributed by atoms with Gasteiger partial charge in [0.25, 0.3) is 0 Å². The van der Waals surface area contributed by atoms with Crippen LogP contribution in [0.25, 0.3) is 0 Å². The summed E-state index contributed by atoms with van der Waals surface area (Å²) in [6.45, 7) is 9.81. The van der Waals surface area contributed by atoms with Gasteiger partial charge in [0.05, 0.1) is 12.1 Å². The van der Waals surface area contributed by atoms with E-state index in [-0.39, 0.29) is 23.0 Å². The summed E-state index contributed by atoms with van der Waals surface area (Å²) in [4.78, 5) is 28.3. The van der Waals surface area contributed by atoms with Crippen LogP contribution in [0, 0.1) is 0 Å². The SMILES string of the molecule is CCOC(=O)N1CCC(N2CCC3(CC2)C[C@@](C)(NC(C)=O)c2ccccc23)CC1. The fraction of sp³-hybridized carbons (Fsp3) is 0.667. The van der Waals surface area contributed by atoms with Gasteiger partial charge in [0.1, 0.15) is 0 Å². The van der Waals surface area contributed by atoms with Gasteiger partial charge in [-0.1, -0.05) is 24.3 Å². The van der Waals surface area contributed by atoms with Crippen molar-refractivity contribution in [3.8, 4) is 0 Å². The van der Waals surface area contributed by atoms with Gasteiger partial charge in [-0.3, -0.25) is 4.79 Å². The first-order valence-electron chi connectivity index (χ1n) is 11.4. The Morgan fingerprint density at radius 3 is 2.33 bits per heavy atom. The second-order valence-corrected chi connectivity index (χ2v) is 9.47. The lowest BCUT2D eigenvalue weighted by Gasteiger charge is -2.46. The number of amides is 2.